The van der Waals surface area contributed by atoms with Crippen molar-refractivity contribution in [2.24, 2.45) is 5.92 Å². The summed E-state index contributed by atoms with van der Waals surface area (Å²) >= 11 is 0. The molecule has 0 aromatic carbocycles. The number of rotatable bonds is 6. The summed E-state index contributed by atoms with van der Waals surface area (Å²) in [6, 6.07) is -0.155. The highest BCUT2D eigenvalue weighted by Crippen LogP contribution is 2.17. The van der Waals surface area contributed by atoms with Gasteiger partial charge in [0.05, 0.1) is 13.5 Å². The highest BCUT2D eigenvalue weighted by molar-refractivity contribution is 5.85. The van der Waals surface area contributed by atoms with Gasteiger partial charge in [0.25, 0.3) is 0 Å². The predicted octanol–water partition coefficient (Wildman–Crippen LogP) is 1.26. The molecule has 0 aromatic heterocycles. The second-order valence-corrected chi connectivity index (χ2v) is 4.98. The first-order valence-electron chi connectivity index (χ1n) is 6.68. The van der Waals surface area contributed by atoms with Gasteiger partial charge in [0, 0.05) is 12.5 Å². The lowest BCUT2D eigenvalue weighted by Crippen LogP contribution is -2.35. The highest BCUT2D eigenvalue weighted by Gasteiger charge is 2.16. The van der Waals surface area contributed by atoms with E-state index in [2.05, 4.69) is 15.4 Å². The molecule has 1 atom stereocenters. The van der Waals surface area contributed by atoms with Gasteiger partial charge in [-0.3, -0.25) is 9.59 Å². The molecular formula is C13H25ClN2O3. The largest absolute Gasteiger partial charge is 0.469 e. The second kappa shape index (κ2) is 10.0. The van der Waals surface area contributed by atoms with Crippen molar-refractivity contribution in [3.8, 4) is 0 Å². The fourth-order valence-electron chi connectivity index (χ4n) is 2.24. The molecule has 1 saturated heterocycles. The molecule has 2 N–H and O–H groups in total. The fourth-order valence-corrected chi connectivity index (χ4v) is 2.24. The minimum Gasteiger partial charge on any atom is -0.469 e. The molecule has 0 saturated carbocycles. The number of carbonyl (C=O) groups excluding carboxylic acids is 2. The van der Waals surface area contributed by atoms with Crippen molar-refractivity contribution >= 4 is 24.3 Å². The summed E-state index contributed by atoms with van der Waals surface area (Å²) in [5, 5.41) is 6.14. The van der Waals surface area contributed by atoms with Crippen LogP contribution < -0.4 is 10.6 Å². The van der Waals surface area contributed by atoms with E-state index in [0.29, 0.717) is 12.3 Å². The van der Waals surface area contributed by atoms with E-state index in [1.165, 1.54) is 7.11 Å². The molecule has 0 radical (unpaired) electrons. The van der Waals surface area contributed by atoms with Crippen molar-refractivity contribution in [2.75, 3.05) is 20.2 Å². The Hall–Kier alpha value is -0.810. The minimum absolute atomic E-state index is 0. The van der Waals surface area contributed by atoms with Gasteiger partial charge < -0.3 is 15.4 Å². The Bertz CT molecular complexity index is 281. The van der Waals surface area contributed by atoms with Gasteiger partial charge in [-0.05, 0) is 45.2 Å². The number of nitrogens with one attached hydrogen (secondary N) is 2. The van der Waals surface area contributed by atoms with Gasteiger partial charge in [-0.25, -0.2) is 0 Å². The number of hydrogen-bond donors (Lipinski definition) is 2. The smallest absolute Gasteiger partial charge is 0.307 e. The number of piperidine rings is 1. The highest BCUT2D eigenvalue weighted by atomic mass is 35.5. The van der Waals surface area contributed by atoms with Crippen LogP contribution in [0.15, 0.2) is 0 Å². The summed E-state index contributed by atoms with van der Waals surface area (Å²) < 4.78 is 4.56. The fraction of sp³-hybridized carbons (Fsp3) is 0.846. The SMILES string of the molecule is COC(=O)CC(C)NC(=O)CCC1CCNCC1.Cl. The van der Waals surface area contributed by atoms with Gasteiger partial charge in [-0.2, -0.15) is 0 Å². The number of carbonyl (C=O) groups is 2. The van der Waals surface area contributed by atoms with Crippen LogP contribution in [0.1, 0.15) is 39.0 Å². The molecule has 0 spiro atoms. The van der Waals surface area contributed by atoms with Crippen LogP contribution in [0.3, 0.4) is 0 Å². The Morgan fingerprint density at radius 1 is 1.37 bits per heavy atom. The first-order valence-corrected chi connectivity index (χ1v) is 6.68. The molecule has 1 amide bonds. The van der Waals surface area contributed by atoms with Crippen molar-refractivity contribution in [1.82, 2.24) is 10.6 Å². The third-order valence-corrected chi connectivity index (χ3v) is 3.35. The zero-order valence-electron chi connectivity index (χ0n) is 11.7. The van der Waals surface area contributed by atoms with Crippen molar-refractivity contribution in [2.45, 2.75) is 45.1 Å². The van der Waals surface area contributed by atoms with Crippen molar-refractivity contribution in [3.05, 3.63) is 0 Å². The number of amides is 1. The van der Waals surface area contributed by atoms with Crippen LogP contribution in [0.2, 0.25) is 0 Å². The molecule has 1 unspecified atom stereocenters. The van der Waals surface area contributed by atoms with E-state index in [4.69, 9.17) is 0 Å². The molecule has 6 heteroatoms. The van der Waals surface area contributed by atoms with Crippen molar-refractivity contribution in [1.29, 1.82) is 0 Å². The zero-order chi connectivity index (χ0) is 13.4. The average molecular weight is 293 g/mol. The lowest BCUT2D eigenvalue weighted by molar-refractivity contribution is -0.141. The van der Waals surface area contributed by atoms with Gasteiger partial charge in [-0.15, -0.1) is 12.4 Å². The Morgan fingerprint density at radius 2 is 2.00 bits per heavy atom. The molecule has 112 valence electrons. The maximum absolute atomic E-state index is 11.7. The maximum atomic E-state index is 11.7. The van der Waals surface area contributed by atoms with E-state index in [1.807, 2.05) is 6.92 Å². The monoisotopic (exact) mass is 292 g/mol. The van der Waals surface area contributed by atoms with Crippen LogP contribution in [0.25, 0.3) is 0 Å². The van der Waals surface area contributed by atoms with Crippen LogP contribution in [0, 0.1) is 5.92 Å². The summed E-state index contributed by atoms with van der Waals surface area (Å²) in [4.78, 5) is 22.7. The van der Waals surface area contributed by atoms with Crippen LogP contribution in [-0.4, -0.2) is 38.1 Å². The van der Waals surface area contributed by atoms with Gasteiger partial charge in [0.2, 0.25) is 5.91 Å². The molecule has 0 aliphatic carbocycles. The van der Waals surface area contributed by atoms with Crippen molar-refractivity contribution in [3.63, 3.8) is 0 Å². The van der Waals surface area contributed by atoms with Crippen LogP contribution in [-0.2, 0) is 14.3 Å². The van der Waals surface area contributed by atoms with Crippen LogP contribution in [0.4, 0.5) is 0 Å². The summed E-state index contributed by atoms with van der Waals surface area (Å²) in [5.74, 6) is 0.402. The molecule has 19 heavy (non-hydrogen) atoms. The van der Waals surface area contributed by atoms with E-state index in [0.717, 1.165) is 32.4 Å². The molecule has 1 heterocycles. The third-order valence-electron chi connectivity index (χ3n) is 3.35. The first-order chi connectivity index (χ1) is 8.61. The lowest BCUT2D eigenvalue weighted by Gasteiger charge is -2.22. The molecule has 1 aliphatic rings. The molecule has 0 aromatic rings. The summed E-state index contributed by atoms with van der Waals surface area (Å²) in [6.07, 6.45) is 4.04. The Kier molecular flexibility index (Phi) is 9.61. The van der Waals surface area contributed by atoms with Crippen LogP contribution >= 0.6 is 12.4 Å². The summed E-state index contributed by atoms with van der Waals surface area (Å²) in [6.45, 7) is 3.94. The van der Waals surface area contributed by atoms with Crippen molar-refractivity contribution < 1.29 is 14.3 Å². The predicted molar refractivity (Wildman–Crippen MR) is 76.3 cm³/mol. The molecule has 1 fully saturated rings. The molecule has 1 aliphatic heterocycles. The normalized spacial score (nSPS) is 17.2. The first kappa shape index (κ1) is 18.2. The van der Waals surface area contributed by atoms with Gasteiger partial charge in [-0.1, -0.05) is 0 Å². The van der Waals surface area contributed by atoms with Crippen LogP contribution in [0.5, 0.6) is 0 Å². The summed E-state index contributed by atoms with van der Waals surface area (Å²) in [7, 11) is 1.36. The molecule has 1 rings (SSSR count). The average Bonchev–Trinajstić information content (AvgIpc) is 2.37. The second-order valence-electron chi connectivity index (χ2n) is 4.98. The Balaban J connectivity index is 0.00000324. The minimum atomic E-state index is -0.291. The Morgan fingerprint density at radius 3 is 2.58 bits per heavy atom. The summed E-state index contributed by atoms with van der Waals surface area (Å²) in [5.41, 5.74) is 0. The molecular weight excluding hydrogens is 268 g/mol. The zero-order valence-corrected chi connectivity index (χ0v) is 12.6. The topological polar surface area (TPSA) is 67.4 Å². The number of ether oxygens (including phenoxy) is 1. The van der Waals surface area contributed by atoms with E-state index >= 15 is 0 Å². The van der Waals surface area contributed by atoms with Gasteiger partial charge in [0.1, 0.15) is 0 Å². The van der Waals surface area contributed by atoms with Gasteiger partial charge in [0.15, 0.2) is 0 Å². The third kappa shape index (κ3) is 8.06. The van der Waals surface area contributed by atoms with E-state index < -0.39 is 0 Å². The van der Waals surface area contributed by atoms with E-state index in [9.17, 15) is 9.59 Å². The number of esters is 1. The quantitative estimate of drug-likeness (QED) is 0.723. The van der Waals surface area contributed by atoms with E-state index in [-0.39, 0.29) is 36.7 Å². The van der Waals surface area contributed by atoms with E-state index in [1.54, 1.807) is 0 Å². The molecule has 0 bridgehead atoms. The standard InChI is InChI=1S/C13H24N2O3.ClH/c1-10(9-13(17)18-2)15-12(16)4-3-11-5-7-14-8-6-11;/h10-11,14H,3-9H2,1-2H3,(H,15,16);1H. The number of halogens is 1. The number of methoxy groups -OCH3 is 1. The Labute approximate surface area is 121 Å². The van der Waals surface area contributed by atoms with Gasteiger partial charge >= 0.3 is 5.97 Å². The lowest BCUT2D eigenvalue weighted by atomic mass is 9.93. The maximum Gasteiger partial charge on any atom is 0.307 e. The number of hydrogen-bond acceptors (Lipinski definition) is 4. The molecule has 5 nitrogen and oxygen atoms in total.